The highest BCUT2D eigenvalue weighted by Gasteiger charge is 2.11. The van der Waals surface area contributed by atoms with Gasteiger partial charge in [-0.15, -0.1) is 0 Å². The number of aromatic carboxylic acids is 1. The lowest BCUT2D eigenvalue weighted by molar-refractivity contribution is -0.116. The monoisotopic (exact) mass is 289 g/mol. The average Bonchev–Trinajstić information content (AvgIpc) is 2.84. The number of anilines is 1. The van der Waals surface area contributed by atoms with Crippen molar-refractivity contribution < 1.29 is 19.2 Å². The van der Waals surface area contributed by atoms with Gasteiger partial charge >= 0.3 is 5.97 Å². The topological polar surface area (TPSA) is 105 Å². The van der Waals surface area contributed by atoms with E-state index in [1.165, 1.54) is 12.1 Å². The maximum Gasteiger partial charge on any atom is 0.335 e. The minimum atomic E-state index is -1.04. The van der Waals surface area contributed by atoms with E-state index in [2.05, 4.69) is 15.5 Å². The SMILES string of the molecule is Cc1noc(CCC(=O)Nc2cc(C(=O)O)ccc2C)n1. The molecule has 7 heteroatoms. The molecule has 1 amide bonds. The molecule has 110 valence electrons. The number of carbonyl (C=O) groups is 2. The fourth-order valence-electron chi connectivity index (χ4n) is 1.76. The number of hydrogen-bond acceptors (Lipinski definition) is 5. The Bertz CT molecular complexity index is 679. The molecule has 0 bridgehead atoms. The summed E-state index contributed by atoms with van der Waals surface area (Å²) in [6, 6.07) is 4.58. The smallest absolute Gasteiger partial charge is 0.335 e. The van der Waals surface area contributed by atoms with Crippen LogP contribution in [-0.4, -0.2) is 27.1 Å². The molecule has 1 heterocycles. The van der Waals surface area contributed by atoms with Crippen LogP contribution in [0.3, 0.4) is 0 Å². The number of benzene rings is 1. The lowest BCUT2D eigenvalue weighted by Crippen LogP contribution is -2.14. The number of carboxylic acid groups (broad SMARTS) is 1. The number of amides is 1. The molecule has 0 atom stereocenters. The highest BCUT2D eigenvalue weighted by Crippen LogP contribution is 2.17. The summed E-state index contributed by atoms with van der Waals surface area (Å²) in [5, 5.41) is 15.3. The molecule has 0 fully saturated rings. The summed E-state index contributed by atoms with van der Waals surface area (Å²) in [6.07, 6.45) is 0.517. The van der Waals surface area contributed by atoms with Crippen LogP contribution in [0.25, 0.3) is 0 Å². The molecule has 2 aromatic rings. The van der Waals surface area contributed by atoms with Gasteiger partial charge in [-0.25, -0.2) is 4.79 Å². The Labute approximate surface area is 121 Å². The number of aryl methyl sites for hydroxylation is 3. The van der Waals surface area contributed by atoms with Crippen LogP contribution < -0.4 is 5.32 Å². The third-order valence-electron chi connectivity index (χ3n) is 2.89. The first kappa shape index (κ1) is 14.7. The third-order valence-corrected chi connectivity index (χ3v) is 2.89. The van der Waals surface area contributed by atoms with Crippen LogP contribution in [0, 0.1) is 13.8 Å². The first-order valence-corrected chi connectivity index (χ1v) is 6.38. The molecule has 7 nitrogen and oxygen atoms in total. The van der Waals surface area contributed by atoms with Gasteiger partial charge < -0.3 is 14.9 Å². The normalized spacial score (nSPS) is 10.4. The fourth-order valence-corrected chi connectivity index (χ4v) is 1.76. The minimum Gasteiger partial charge on any atom is -0.478 e. The van der Waals surface area contributed by atoms with Gasteiger partial charge in [0.15, 0.2) is 5.82 Å². The van der Waals surface area contributed by atoms with Crippen molar-refractivity contribution >= 4 is 17.6 Å². The first-order valence-electron chi connectivity index (χ1n) is 6.38. The van der Waals surface area contributed by atoms with Crippen molar-refractivity contribution in [1.29, 1.82) is 0 Å². The molecule has 0 aliphatic carbocycles. The van der Waals surface area contributed by atoms with E-state index in [-0.39, 0.29) is 17.9 Å². The van der Waals surface area contributed by atoms with Crippen LogP contribution in [0.1, 0.15) is 34.1 Å². The second kappa shape index (κ2) is 6.17. The summed E-state index contributed by atoms with van der Waals surface area (Å²) in [4.78, 5) is 26.8. The fraction of sp³-hybridized carbons (Fsp3) is 0.286. The zero-order chi connectivity index (χ0) is 15.4. The lowest BCUT2D eigenvalue weighted by Gasteiger charge is -2.08. The number of hydrogen-bond donors (Lipinski definition) is 2. The maximum atomic E-state index is 11.9. The molecule has 0 saturated heterocycles. The zero-order valence-electron chi connectivity index (χ0n) is 11.7. The number of carboxylic acids is 1. The first-order chi connectivity index (χ1) is 9.95. The molecule has 0 radical (unpaired) electrons. The quantitative estimate of drug-likeness (QED) is 0.871. The second-order valence-corrected chi connectivity index (χ2v) is 4.62. The highest BCUT2D eigenvalue weighted by atomic mass is 16.5. The Balaban J connectivity index is 1.99. The lowest BCUT2D eigenvalue weighted by atomic mass is 10.1. The van der Waals surface area contributed by atoms with Gasteiger partial charge in [0.1, 0.15) is 0 Å². The largest absolute Gasteiger partial charge is 0.478 e. The van der Waals surface area contributed by atoms with Crippen LogP contribution >= 0.6 is 0 Å². The van der Waals surface area contributed by atoms with Crippen LogP contribution in [0.2, 0.25) is 0 Å². The van der Waals surface area contributed by atoms with Gasteiger partial charge in [0.25, 0.3) is 0 Å². The van der Waals surface area contributed by atoms with Gasteiger partial charge in [-0.05, 0) is 31.5 Å². The van der Waals surface area contributed by atoms with E-state index < -0.39 is 5.97 Å². The van der Waals surface area contributed by atoms with Crippen molar-refractivity contribution in [3.8, 4) is 0 Å². The molecule has 1 aromatic heterocycles. The van der Waals surface area contributed by atoms with Gasteiger partial charge in [0.05, 0.1) is 5.56 Å². The van der Waals surface area contributed by atoms with E-state index in [1.807, 2.05) is 0 Å². The molecular weight excluding hydrogens is 274 g/mol. The Morgan fingerprint density at radius 3 is 2.71 bits per heavy atom. The summed E-state index contributed by atoms with van der Waals surface area (Å²) in [7, 11) is 0. The Kier molecular flexibility index (Phi) is 4.32. The molecular formula is C14H15N3O4. The number of nitrogens with zero attached hydrogens (tertiary/aromatic N) is 2. The summed E-state index contributed by atoms with van der Waals surface area (Å²) >= 11 is 0. The van der Waals surface area contributed by atoms with Crippen LogP contribution in [0.4, 0.5) is 5.69 Å². The molecule has 0 aliphatic rings. The van der Waals surface area contributed by atoms with Crippen LogP contribution in [0.15, 0.2) is 22.7 Å². The van der Waals surface area contributed by atoms with Crippen LogP contribution in [0.5, 0.6) is 0 Å². The molecule has 0 aliphatic heterocycles. The van der Waals surface area contributed by atoms with Gasteiger partial charge in [-0.1, -0.05) is 11.2 Å². The second-order valence-electron chi connectivity index (χ2n) is 4.62. The van der Waals surface area contributed by atoms with Crippen molar-refractivity contribution in [2.75, 3.05) is 5.32 Å². The molecule has 0 unspecified atom stereocenters. The predicted octanol–water partition coefficient (Wildman–Crippen LogP) is 1.96. The van der Waals surface area contributed by atoms with Crippen molar-refractivity contribution in [1.82, 2.24) is 10.1 Å². The van der Waals surface area contributed by atoms with E-state index in [1.54, 1.807) is 19.9 Å². The van der Waals surface area contributed by atoms with E-state index in [0.717, 1.165) is 5.56 Å². The van der Waals surface area contributed by atoms with Gasteiger partial charge in [0.2, 0.25) is 11.8 Å². The predicted molar refractivity (Wildman–Crippen MR) is 74.1 cm³/mol. The van der Waals surface area contributed by atoms with Crippen molar-refractivity contribution in [3.63, 3.8) is 0 Å². The number of rotatable bonds is 5. The van der Waals surface area contributed by atoms with Crippen molar-refractivity contribution in [2.45, 2.75) is 26.7 Å². The minimum absolute atomic E-state index is 0.128. The Hall–Kier alpha value is -2.70. The summed E-state index contributed by atoms with van der Waals surface area (Å²) < 4.78 is 4.92. The zero-order valence-corrected chi connectivity index (χ0v) is 11.7. The van der Waals surface area contributed by atoms with Crippen molar-refractivity contribution in [3.05, 3.63) is 41.0 Å². The molecule has 0 saturated carbocycles. The van der Waals surface area contributed by atoms with E-state index in [0.29, 0.717) is 23.8 Å². The highest BCUT2D eigenvalue weighted by molar-refractivity contribution is 5.94. The number of aromatic nitrogens is 2. The maximum absolute atomic E-state index is 11.9. The molecule has 21 heavy (non-hydrogen) atoms. The average molecular weight is 289 g/mol. The molecule has 2 N–H and O–H groups in total. The Morgan fingerprint density at radius 2 is 2.10 bits per heavy atom. The van der Waals surface area contributed by atoms with E-state index >= 15 is 0 Å². The van der Waals surface area contributed by atoms with Crippen LogP contribution in [-0.2, 0) is 11.2 Å². The van der Waals surface area contributed by atoms with Gasteiger partial charge in [-0.2, -0.15) is 4.98 Å². The summed E-state index contributed by atoms with van der Waals surface area (Å²) in [5.74, 6) is -0.350. The molecule has 1 aromatic carbocycles. The Morgan fingerprint density at radius 1 is 1.33 bits per heavy atom. The van der Waals surface area contributed by atoms with Crippen molar-refractivity contribution in [2.24, 2.45) is 0 Å². The van der Waals surface area contributed by atoms with E-state index in [9.17, 15) is 9.59 Å². The summed E-state index contributed by atoms with van der Waals surface area (Å²) in [6.45, 7) is 3.50. The standard InChI is InChI=1S/C14H15N3O4/c1-8-3-4-10(14(19)20)7-11(8)16-12(18)5-6-13-15-9(2)17-21-13/h3-4,7H,5-6H2,1-2H3,(H,16,18)(H,19,20). The third kappa shape index (κ3) is 3.88. The molecule has 2 rings (SSSR count). The number of carbonyl (C=O) groups excluding carboxylic acids is 1. The van der Waals surface area contributed by atoms with Gasteiger partial charge in [0, 0.05) is 18.5 Å². The number of nitrogens with one attached hydrogen (secondary N) is 1. The van der Waals surface area contributed by atoms with E-state index in [4.69, 9.17) is 9.63 Å². The molecule has 0 spiro atoms. The summed E-state index contributed by atoms with van der Waals surface area (Å²) in [5.41, 5.74) is 1.41. The van der Waals surface area contributed by atoms with Gasteiger partial charge in [-0.3, -0.25) is 4.79 Å².